The van der Waals surface area contributed by atoms with Crippen molar-refractivity contribution in [2.45, 2.75) is 51.4 Å². The molecule has 290 valence electrons. The summed E-state index contributed by atoms with van der Waals surface area (Å²) < 4.78 is 20.5. The fourth-order valence-corrected chi connectivity index (χ4v) is 15.7. The molecule has 6 unspecified atom stereocenters. The standard InChI is InChI=1S/C48H42N8O2Si/c1-2-10-34-33(9-1)41-49-42(34)52-46-39-15-7-8-16-40(39)48-54-44-36-12-4-3-11-35(36)43(50-44)53-47-38-14-6-5-13-37(38)45(51-41)55(47)59(56(46)48,57-25-31-23-27-17-19-29(31)21-27)58-26-32-24-28-18-20-30(32)22-28/h1-16,27-32H,17-26H2. The monoisotopic (exact) mass is 790 g/mol. The fraction of sp³-hybridized carbons (Fsp3) is 0.333. The first-order valence-electron chi connectivity index (χ1n) is 21.7. The molecule has 6 aromatic rings. The fourth-order valence-electron chi connectivity index (χ4n) is 12.3. The summed E-state index contributed by atoms with van der Waals surface area (Å²) in [5.41, 5.74) is 5.26. The van der Waals surface area contributed by atoms with Crippen LogP contribution < -0.4 is 11.0 Å². The molecule has 4 fully saturated rings. The number of aliphatic imine (C=N–C) groups is 4. The minimum atomic E-state index is -4.08. The molecule has 0 amide bonds. The molecule has 59 heavy (non-hydrogen) atoms. The molecule has 6 atom stereocenters. The van der Waals surface area contributed by atoms with E-state index >= 15 is 0 Å². The molecule has 2 aromatic heterocycles. The molecule has 4 saturated carbocycles. The van der Waals surface area contributed by atoms with Crippen LogP contribution in [0.1, 0.15) is 73.6 Å². The maximum atomic E-state index is 7.98. The van der Waals surface area contributed by atoms with E-state index in [9.17, 15) is 0 Å². The summed E-state index contributed by atoms with van der Waals surface area (Å²) in [6.07, 6.45) is 10.2. The van der Waals surface area contributed by atoms with Crippen molar-refractivity contribution in [3.05, 3.63) is 130 Å². The lowest BCUT2D eigenvalue weighted by Gasteiger charge is -2.36. The quantitative estimate of drug-likeness (QED) is 0.159. The van der Waals surface area contributed by atoms with Crippen molar-refractivity contribution in [2.75, 3.05) is 13.2 Å². The molecule has 4 aliphatic heterocycles. The van der Waals surface area contributed by atoms with Gasteiger partial charge in [-0.1, -0.05) is 110 Å². The number of amidine groups is 4. The van der Waals surface area contributed by atoms with E-state index in [2.05, 4.69) is 106 Å². The van der Waals surface area contributed by atoms with Gasteiger partial charge < -0.3 is 8.85 Å². The van der Waals surface area contributed by atoms with Gasteiger partial charge in [0.25, 0.3) is 0 Å². The lowest BCUT2D eigenvalue weighted by Crippen LogP contribution is -2.64. The van der Waals surface area contributed by atoms with Crippen molar-refractivity contribution >= 4 is 65.4 Å². The van der Waals surface area contributed by atoms with Gasteiger partial charge in [-0.2, -0.15) is 0 Å². The first kappa shape index (κ1) is 33.2. The smallest absolute Gasteiger partial charge is 0.361 e. The maximum Gasteiger partial charge on any atom is 0.603 e. The molecule has 6 heterocycles. The molecule has 0 N–H and O–H groups in total. The highest BCUT2D eigenvalue weighted by atomic mass is 28.4. The van der Waals surface area contributed by atoms with Crippen LogP contribution in [0.5, 0.6) is 0 Å². The molecular weight excluding hydrogens is 749 g/mol. The highest BCUT2D eigenvalue weighted by Crippen LogP contribution is 2.51. The minimum absolute atomic E-state index is 0.447. The average Bonchev–Trinajstić information content (AvgIpc) is 4.17. The number of nitrogens with zero attached hydrogens (tertiary/aromatic N) is 8. The highest BCUT2D eigenvalue weighted by molar-refractivity contribution is 6.66. The normalized spacial score (nSPS) is 28.8. The van der Waals surface area contributed by atoms with Crippen molar-refractivity contribution in [2.24, 2.45) is 65.5 Å². The van der Waals surface area contributed by atoms with Gasteiger partial charge in [0.15, 0.2) is 23.3 Å². The predicted molar refractivity (Wildman–Crippen MR) is 231 cm³/mol. The Balaban J connectivity index is 1.17. The number of hydrogen-bond acceptors (Lipinski definition) is 8. The van der Waals surface area contributed by atoms with Gasteiger partial charge in [-0.05, 0) is 74.0 Å². The van der Waals surface area contributed by atoms with Gasteiger partial charge in [-0.15, -0.1) is 0 Å². The topological polar surface area (TPSA) is 102 Å². The van der Waals surface area contributed by atoms with Crippen LogP contribution in [0.2, 0.25) is 0 Å². The Hall–Kier alpha value is -5.62. The van der Waals surface area contributed by atoms with E-state index in [1.54, 1.807) is 0 Å². The second-order valence-corrected chi connectivity index (χ2v) is 20.7. The van der Waals surface area contributed by atoms with Crippen molar-refractivity contribution in [3.63, 3.8) is 0 Å². The van der Waals surface area contributed by atoms with E-state index in [0.29, 0.717) is 60.2 Å². The second-order valence-electron chi connectivity index (χ2n) is 18.2. The Labute approximate surface area is 341 Å². The number of rotatable bonds is 6. The summed E-state index contributed by atoms with van der Waals surface area (Å²) >= 11 is 0. The molecule has 11 heteroatoms. The second kappa shape index (κ2) is 12.2. The maximum absolute atomic E-state index is 7.98. The van der Waals surface area contributed by atoms with E-state index in [1.165, 1.54) is 51.4 Å². The average molecular weight is 791 g/mol. The van der Waals surface area contributed by atoms with E-state index in [1.807, 2.05) is 0 Å². The van der Waals surface area contributed by atoms with Crippen LogP contribution in [-0.2, 0) is 8.85 Å². The van der Waals surface area contributed by atoms with Gasteiger partial charge in [0, 0.05) is 57.0 Å². The molecule has 0 saturated heterocycles. The number of benzene rings is 4. The van der Waals surface area contributed by atoms with Gasteiger partial charge in [0.2, 0.25) is 0 Å². The molecule has 8 aliphatic rings. The third kappa shape index (κ3) is 4.69. The van der Waals surface area contributed by atoms with Crippen molar-refractivity contribution < 1.29 is 8.85 Å². The van der Waals surface area contributed by atoms with E-state index in [-0.39, 0.29) is 0 Å². The number of aromatic nitrogens is 2. The Morgan fingerprint density at radius 2 is 0.847 bits per heavy atom. The van der Waals surface area contributed by atoms with Gasteiger partial charge >= 0.3 is 8.88 Å². The zero-order valence-electron chi connectivity index (χ0n) is 32.7. The molecule has 10 nitrogen and oxygen atoms in total. The van der Waals surface area contributed by atoms with E-state index in [4.69, 9.17) is 38.8 Å². The molecule has 4 aliphatic carbocycles. The summed E-state index contributed by atoms with van der Waals surface area (Å²) in [5.74, 6) is 7.73. The summed E-state index contributed by atoms with van der Waals surface area (Å²) in [6, 6.07) is 33.7. The van der Waals surface area contributed by atoms with Crippen LogP contribution in [0, 0.1) is 35.5 Å². The predicted octanol–water partition coefficient (Wildman–Crippen LogP) is 8.28. The number of hydrogen-bond donors (Lipinski definition) is 0. The first-order valence-corrected chi connectivity index (χ1v) is 23.4. The van der Waals surface area contributed by atoms with Crippen molar-refractivity contribution in [1.29, 1.82) is 0 Å². The molecule has 10 bridgehead atoms. The van der Waals surface area contributed by atoms with Crippen LogP contribution >= 0.6 is 0 Å². The SMILES string of the molecule is c1ccc2c(c1)C1=NC2=Nc2c3ccccc3c3n2[Si](OCC2CC4CCC2C4)(OCC2CC4CCC2C4)n2c(c4ccccc4c2=NC2=NC(=N3)c3ccccc32)=N1. The Morgan fingerprint density at radius 3 is 1.25 bits per heavy atom. The number of fused-ring (bicyclic) bond motifs is 18. The highest BCUT2D eigenvalue weighted by Gasteiger charge is 2.55. The van der Waals surface area contributed by atoms with E-state index < -0.39 is 8.88 Å². The lowest BCUT2D eigenvalue weighted by molar-refractivity contribution is 0.0863. The van der Waals surface area contributed by atoms with Gasteiger partial charge in [-0.25, -0.2) is 30.0 Å². The molecule has 0 radical (unpaired) electrons. The summed E-state index contributed by atoms with van der Waals surface area (Å²) in [7, 11) is -4.08. The van der Waals surface area contributed by atoms with Crippen LogP contribution in [0.15, 0.2) is 127 Å². The van der Waals surface area contributed by atoms with Crippen LogP contribution in [0.3, 0.4) is 0 Å². The van der Waals surface area contributed by atoms with Gasteiger partial charge in [0.05, 0.1) is 0 Å². The summed E-state index contributed by atoms with van der Waals surface area (Å²) in [6.45, 7) is 1.17. The van der Waals surface area contributed by atoms with Crippen LogP contribution in [0.25, 0.3) is 21.5 Å². The largest absolute Gasteiger partial charge is 0.603 e. The van der Waals surface area contributed by atoms with Gasteiger partial charge in [0.1, 0.15) is 22.6 Å². The summed E-state index contributed by atoms with van der Waals surface area (Å²) in [5, 5.41) is 3.86. The van der Waals surface area contributed by atoms with Crippen LogP contribution in [-0.4, -0.2) is 53.9 Å². The first-order chi connectivity index (χ1) is 29.2. The van der Waals surface area contributed by atoms with Gasteiger partial charge in [-0.3, -0.25) is 8.47 Å². The lowest BCUT2D eigenvalue weighted by atomic mass is 9.90. The zero-order valence-corrected chi connectivity index (χ0v) is 33.7. The molecular formula is C48H42N8O2Si. The molecule has 0 spiro atoms. The van der Waals surface area contributed by atoms with Crippen LogP contribution in [0.4, 0.5) is 11.6 Å². The Bertz CT molecular complexity index is 2900. The Kier molecular flexibility index (Phi) is 6.88. The third-order valence-corrected chi connectivity index (χ3v) is 18.1. The third-order valence-electron chi connectivity index (χ3n) is 15.1. The molecule has 4 aromatic carbocycles. The zero-order chi connectivity index (χ0) is 38.4. The minimum Gasteiger partial charge on any atom is -0.361 e. The van der Waals surface area contributed by atoms with E-state index in [0.717, 1.165) is 78.2 Å². The van der Waals surface area contributed by atoms with Crippen molar-refractivity contribution in [1.82, 2.24) is 8.47 Å². The van der Waals surface area contributed by atoms with Crippen molar-refractivity contribution in [3.8, 4) is 0 Å². The summed E-state index contributed by atoms with van der Waals surface area (Å²) in [4.78, 5) is 33.0. The molecule has 14 rings (SSSR count). The Morgan fingerprint density at radius 1 is 0.441 bits per heavy atom.